The van der Waals surface area contributed by atoms with Gasteiger partial charge in [-0.3, -0.25) is 14.7 Å². The minimum absolute atomic E-state index is 0.160. The first-order chi connectivity index (χ1) is 14.9. The molecule has 0 bridgehead atoms. The van der Waals surface area contributed by atoms with Gasteiger partial charge in [0.15, 0.2) is 0 Å². The zero-order valence-electron chi connectivity index (χ0n) is 16.1. The van der Waals surface area contributed by atoms with Gasteiger partial charge in [-0.15, -0.1) is 0 Å². The molecule has 3 aromatic carbocycles. The van der Waals surface area contributed by atoms with E-state index < -0.39 is 17.9 Å². The molecule has 4 nitrogen and oxygen atoms in total. The highest BCUT2D eigenvalue weighted by Crippen LogP contribution is 2.39. The smallest absolute Gasteiger partial charge is 0.360 e. The monoisotopic (exact) mass is 419 g/mol. The Morgan fingerprint density at radius 3 is 2.58 bits per heavy atom. The zero-order valence-corrected chi connectivity index (χ0v) is 16.1. The third-order valence-corrected chi connectivity index (χ3v) is 5.32. The van der Waals surface area contributed by atoms with Crippen LogP contribution in [0.4, 0.5) is 24.5 Å². The Labute approximate surface area is 176 Å². The zero-order chi connectivity index (χ0) is 21.6. The molecule has 1 aliphatic heterocycles. The van der Waals surface area contributed by atoms with Gasteiger partial charge in [-0.1, -0.05) is 36.4 Å². The molecular formula is C24H16F3N3O. The van der Waals surface area contributed by atoms with Crippen molar-refractivity contribution in [2.75, 3.05) is 10.2 Å². The molecule has 1 amide bonds. The number of hydrogen-bond acceptors (Lipinski definition) is 3. The molecule has 5 rings (SSSR count). The van der Waals surface area contributed by atoms with E-state index in [0.717, 1.165) is 23.0 Å². The second-order valence-corrected chi connectivity index (χ2v) is 7.27. The number of halogens is 3. The molecule has 0 fully saturated rings. The SMILES string of the molecule is O=C1c2ccccc2NC(c2ccc3cccnc3c2)N1c1cccc(C(F)(F)F)c1. The van der Waals surface area contributed by atoms with Crippen molar-refractivity contribution in [3.8, 4) is 0 Å². The summed E-state index contributed by atoms with van der Waals surface area (Å²) < 4.78 is 40.0. The van der Waals surface area contributed by atoms with Crippen LogP contribution in [0.1, 0.15) is 27.7 Å². The highest BCUT2D eigenvalue weighted by Gasteiger charge is 2.36. The third kappa shape index (κ3) is 3.38. The molecule has 154 valence electrons. The molecule has 31 heavy (non-hydrogen) atoms. The number of alkyl halides is 3. The lowest BCUT2D eigenvalue weighted by Gasteiger charge is -2.38. The summed E-state index contributed by atoms with van der Waals surface area (Å²) in [7, 11) is 0. The van der Waals surface area contributed by atoms with Crippen LogP contribution < -0.4 is 10.2 Å². The van der Waals surface area contributed by atoms with Crippen LogP contribution in [-0.4, -0.2) is 10.9 Å². The number of carbonyl (C=O) groups is 1. The Balaban J connectivity index is 1.68. The Morgan fingerprint density at radius 2 is 1.74 bits per heavy atom. The summed E-state index contributed by atoms with van der Waals surface area (Å²) in [5.41, 5.74) is 1.82. The summed E-state index contributed by atoms with van der Waals surface area (Å²) in [5, 5.41) is 4.24. The summed E-state index contributed by atoms with van der Waals surface area (Å²) in [6.07, 6.45) is -3.54. The maximum absolute atomic E-state index is 13.4. The Hall–Kier alpha value is -3.87. The van der Waals surface area contributed by atoms with Gasteiger partial charge in [0, 0.05) is 23.0 Å². The summed E-state index contributed by atoms with van der Waals surface area (Å²) in [4.78, 5) is 19.1. The Morgan fingerprint density at radius 1 is 0.903 bits per heavy atom. The fourth-order valence-corrected chi connectivity index (χ4v) is 3.84. The van der Waals surface area contributed by atoms with Crippen molar-refractivity contribution in [1.29, 1.82) is 0 Å². The molecule has 4 aromatic rings. The predicted molar refractivity (Wildman–Crippen MR) is 113 cm³/mol. The lowest BCUT2D eigenvalue weighted by Crippen LogP contribution is -2.43. The molecule has 0 radical (unpaired) electrons. The second-order valence-electron chi connectivity index (χ2n) is 7.27. The van der Waals surface area contributed by atoms with Crippen molar-refractivity contribution in [2.45, 2.75) is 12.3 Å². The second kappa shape index (κ2) is 7.12. The molecule has 0 spiro atoms. The molecular weight excluding hydrogens is 403 g/mol. The van der Waals surface area contributed by atoms with E-state index in [-0.39, 0.29) is 11.6 Å². The van der Waals surface area contributed by atoms with Gasteiger partial charge >= 0.3 is 6.18 Å². The van der Waals surface area contributed by atoms with Gasteiger partial charge in [-0.05, 0) is 48.0 Å². The minimum atomic E-state index is -4.51. The number of rotatable bonds is 2. The van der Waals surface area contributed by atoms with Crippen molar-refractivity contribution < 1.29 is 18.0 Å². The quantitative estimate of drug-likeness (QED) is 0.432. The normalized spacial score (nSPS) is 16.2. The lowest BCUT2D eigenvalue weighted by atomic mass is 10.0. The van der Waals surface area contributed by atoms with Crippen molar-refractivity contribution in [1.82, 2.24) is 4.98 Å². The summed E-state index contributed by atoms with van der Waals surface area (Å²) >= 11 is 0. The lowest BCUT2D eigenvalue weighted by molar-refractivity contribution is -0.137. The first kappa shape index (κ1) is 19.1. The van der Waals surface area contributed by atoms with E-state index in [0.29, 0.717) is 16.8 Å². The van der Waals surface area contributed by atoms with E-state index in [4.69, 9.17) is 0 Å². The van der Waals surface area contributed by atoms with E-state index in [1.165, 1.54) is 17.0 Å². The van der Waals surface area contributed by atoms with Crippen molar-refractivity contribution in [2.24, 2.45) is 0 Å². The van der Waals surface area contributed by atoms with Crippen molar-refractivity contribution in [3.05, 3.63) is 102 Å². The number of anilines is 2. The Kier molecular flexibility index (Phi) is 4.39. The van der Waals surface area contributed by atoms with Gasteiger partial charge in [-0.2, -0.15) is 13.2 Å². The third-order valence-electron chi connectivity index (χ3n) is 5.32. The fraction of sp³-hybridized carbons (Fsp3) is 0.0833. The number of aromatic nitrogens is 1. The van der Waals surface area contributed by atoms with E-state index in [2.05, 4.69) is 10.3 Å². The standard InChI is InChI=1S/C24H16F3N3O/c25-24(26,27)17-6-3-7-18(14-17)30-22(29-20-9-2-1-8-19(20)23(30)31)16-11-10-15-5-4-12-28-21(15)13-16/h1-14,22,29H. The molecule has 0 saturated carbocycles. The van der Waals surface area contributed by atoms with Crippen LogP contribution >= 0.6 is 0 Å². The molecule has 1 N–H and O–H groups in total. The number of nitrogens with zero attached hydrogens (tertiary/aromatic N) is 2. The van der Waals surface area contributed by atoms with Crippen molar-refractivity contribution >= 4 is 28.2 Å². The van der Waals surface area contributed by atoms with Gasteiger partial charge < -0.3 is 5.32 Å². The maximum Gasteiger partial charge on any atom is 0.416 e. The topological polar surface area (TPSA) is 45.2 Å². The number of hydrogen-bond donors (Lipinski definition) is 1. The number of fused-ring (bicyclic) bond motifs is 2. The van der Waals surface area contributed by atoms with Gasteiger partial charge in [0.1, 0.15) is 6.17 Å². The first-order valence-corrected chi connectivity index (χ1v) is 9.63. The van der Waals surface area contributed by atoms with Gasteiger partial charge in [0.2, 0.25) is 0 Å². The van der Waals surface area contributed by atoms with E-state index in [9.17, 15) is 18.0 Å². The molecule has 1 unspecified atom stereocenters. The van der Waals surface area contributed by atoms with Crippen LogP contribution in [-0.2, 0) is 6.18 Å². The molecule has 1 aliphatic rings. The van der Waals surface area contributed by atoms with Crippen LogP contribution in [0.5, 0.6) is 0 Å². The summed E-state index contributed by atoms with van der Waals surface area (Å²) in [6.45, 7) is 0. The highest BCUT2D eigenvalue weighted by molar-refractivity contribution is 6.12. The molecule has 1 atom stereocenters. The summed E-state index contributed by atoms with van der Waals surface area (Å²) in [5.74, 6) is -0.375. The van der Waals surface area contributed by atoms with E-state index in [1.54, 1.807) is 30.5 Å². The maximum atomic E-state index is 13.4. The average molecular weight is 419 g/mol. The van der Waals surface area contributed by atoms with Crippen LogP contribution in [0.25, 0.3) is 10.9 Å². The van der Waals surface area contributed by atoms with Crippen molar-refractivity contribution in [3.63, 3.8) is 0 Å². The van der Waals surface area contributed by atoms with Crippen LogP contribution in [0.15, 0.2) is 85.1 Å². The molecule has 0 aliphatic carbocycles. The number of pyridine rings is 1. The average Bonchev–Trinajstić information content (AvgIpc) is 2.78. The number of benzene rings is 3. The minimum Gasteiger partial charge on any atom is -0.360 e. The summed E-state index contributed by atoms with van der Waals surface area (Å²) in [6, 6.07) is 21.1. The molecule has 7 heteroatoms. The largest absolute Gasteiger partial charge is 0.416 e. The van der Waals surface area contributed by atoms with E-state index >= 15 is 0 Å². The number of para-hydroxylation sites is 1. The van der Waals surface area contributed by atoms with E-state index in [1.807, 2.05) is 30.3 Å². The van der Waals surface area contributed by atoms with Gasteiger partial charge in [0.25, 0.3) is 5.91 Å². The van der Waals surface area contributed by atoms with Crippen LogP contribution in [0, 0.1) is 0 Å². The predicted octanol–water partition coefficient (Wildman–Crippen LogP) is 6.02. The Bertz CT molecular complexity index is 1300. The van der Waals surface area contributed by atoms with Crippen LogP contribution in [0.2, 0.25) is 0 Å². The van der Waals surface area contributed by atoms with Gasteiger partial charge in [-0.25, -0.2) is 0 Å². The fourth-order valence-electron chi connectivity index (χ4n) is 3.84. The number of amides is 1. The number of carbonyl (C=O) groups excluding carboxylic acids is 1. The first-order valence-electron chi connectivity index (χ1n) is 9.63. The molecule has 2 heterocycles. The molecule has 1 aromatic heterocycles. The number of nitrogens with one attached hydrogen (secondary N) is 1. The highest BCUT2D eigenvalue weighted by atomic mass is 19.4. The molecule has 0 saturated heterocycles. The van der Waals surface area contributed by atoms with Crippen LogP contribution in [0.3, 0.4) is 0 Å². The van der Waals surface area contributed by atoms with Gasteiger partial charge in [0.05, 0.1) is 16.6 Å².